The average molecular weight is 514 g/mol. The summed E-state index contributed by atoms with van der Waals surface area (Å²) in [6.45, 7) is 2.59. The van der Waals surface area contributed by atoms with Gasteiger partial charge in [0.2, 0.25) is 5.91 Å². The van der Waals surface area contributed by atoms with E-state index in [0.29, 0.717) is 39.6 Å². The minimum absolute atomic E-state index is 0. The second-order valence-corrected chi connectivity index (χ2v) is 8.23. The van der Waals surface area contributed by atoms with Crippen LogP contribution in [0, 0.1) is 0 Å². The third-order valence-electron chi connectivity index (χ3n) is 3.96. The third-order valence-corrected chi connectivity index (χ3v) is 4.66. The molecule has 0 fully saturated rings. The van der Waals surface area contributed by atoms with Crippen molar-refractivity contribution in [1.82, 2.24) is 5.32 Å². The van der Waals surface area contributed by atoms with E-state index >= 15 is 0 Å². The van der Waals surface area contributed by atoms with E-state index < -0.39 is 15.9 Å². The minimum atomic E-state index is -4.33. The fraction of sp³-hybridized carbons (Fsp3) is 0.619. The van der Waals surface area contributed by atoms with Crippen molar-refractivity contribution in [1.29, 1.82) is 0 Å². The predicted molar refractivity (Wildman–Crippen MR) is 116 cm³/mol. The summed E-state index contributed by atoms with van der Waals surface area (Å²) < 4.78 is 57.6. The summed E-state index contributed by atoms with van der Waals surface area (Å²) in [5.74, 6) is -1.34. The van der Waals surface area contributed by atoms with Crippen LogP contribution in [-0.4, -0.2) is 90.0 Å². The summed E-state index contributed by atoms with van der Waals surface area (Å²) >= 11 is 0. The number of benzene rings is 1. The van der Waals surface area contributed by atoms with Crippen LogP contribution >= 0.6 is 0 Å². The number of rotatable bonds is 20. The van der Waals surface area contributed by atoms with E-state index in [2.05, 4.69) is 5.32 Å². The number of amides is 1. The largest absolute Gasteiger partial charge is 1.00 e. The maximum absolute atomic E-state index is 11.6. The quantitative estimate of drug-likeness (QED) is 0.0841. The molecule has 0 unspecified atom stereocenters. The first-order chi connectivity index (χ1) is 15.9. The Morgan fingerprint density at radius 2 is 1.29 bits per heavy atom. The van der Waals surface area contributed by atoms with Crippen LogP contribution in [0.15, 0.2) is 30.3 Å². The molecule has 0 aromatic heterocycles. The molecule has 1 aromatic rings. The van der Waals surface area contributed by atoms with Crippen molar-refractivity contribution in [3.8, 4) is 0 Å². The summed E-state index contributed by atoms with van der Waals surface area (Å²) in [6.07, 6.45) is 0.242. The zero-order valence-corrected chi connectivity index (χ0v) is 22.4. The van der Waals surface area contributed by atoms with Crippen molar-refractivity contribution in [2.75, 3.05) is 65.2 Å². The Balaban J connectivity index is 0.0000109. The number of hydrogen-bond acceptors (Lipinski definition) is 10. The van der Waals surface area contributed by atoms with E-state index in [-0.39, 0.29) is 80.6 Å². The number of carbonyl (C=O) groups is 2. The number of carbonyl (C=O) groups excluding carboxylic acids is 2. The van der Waals surface area contributed by atoms with Gasteiger partial charge in [-0.15, -0.1) is 0 Å². The molecule has 0 aliphatic heterocycles. The monoisotopic (exact) mass is 513 g/mol. The molecule has 0 aliphatic carbocycles. The molecule has 0 saturated carbocycles. The molecule has 0 saturated heterocycles. The van der Waals surface area contributed by atoms with Gasteiger partial charge >= 0.3 is 35.5 Å². The number of hydrogen-bond donors (Lipinski definition) is 1. The van der Waals surface area contributed by atoms with Crippen LogP contribution in [-0.2, 0) is 50.0 Å². The van der Waals surface area contributed by atoms with Crippen molar-refractivity contribution in [3.63, 3.8) is 0 Å². The molecule has 188 valence electrons. The van der Waals surface area contributed by atoms with Crippen LogP contribution in [0.3, 0.4) is 0 Å². The zero-order chi connectivity index (χ0) is 24.2. The smallest absolute Gasteiger partial charge is 0.748 e. The minimum Gasteiger partial charge on any atom is -0.748 e. The summed E-state index contributed by atoms with van der Waals surface area (Å²) in [5.41, 5.74) is 0.936. The zero-order valence-electron chi connectivity index (χ0n) is 19.6. The number of esters is 1. The molecule has 0 aliphatic rings. The van der Waals surface area contributed by atoms with Gasteiger partial charge in [-0.3, -0.25) is 9.59 Å². The Labute approximate surface area is 222 Å². The average Bonchev–Trinajstić information content (AvgIpc) is 2.77. The van der Waals surface area contributed by atoms with Crippen LogP contribution < -0.4 is 34.9 Å². The Morgan fingerprint density at radius 1 is 0.794 bits per heavy atom. The molecule has 1 N–H and O–H groups in total. The van der Waals surface area contributed by atoms with Crippen LogP contribution in [0.1, 0.15) is 18.4 Å². The van der Waals surface area contributed by atoms with Crippen molar-refractivity contribution in [2.24, 2.45) is 0 Å². The molecule has 1 rings (SSSR count). The molecular formula is C21H32NNaO10S. The first kappa shape index (κ1) is 32.9. The second-order valence-electron chi connectivity index (χ2n) is 6.71. The SMILES string of the molecule is O=C(CCOCCOCCOCCOCCC(=O)OCc1ccccc1)NCCS(=O)(=O)[O-].[Na+]. The Bertz CT molecular complexity index is 764. The van der Waals surface area contributed by atoms with Crippen molar-refractivity contribution in [3.05, 3.63) is 35.9 Å². The van der Waals surface area contributed by atoms with Gasteiger partial charge in [0.15, 0.2) is 0 Å². The third kappa shape index (κ3) is 21.4. The van der Waals surface area contributed by atoms with Gasteiger partial charge in [0.1, 0.15) is 6.61 Å². The van der Waals surface area contributed by atoms with E-state index in [1.165, 1.54) is 0 Å². The van der Waals surface area contributed by atoms with Gasteiger partial charge in [0, 0.05) is 13.0 Å². The molecule has 34 heavy (non-hydrogen) atoms. The van der Waals surface area contributed by atoms with Crippen molar-refractivity contribution in [2.45, 2.75) is 19.4 Å². The van der Waals surface area contributed by atoms with E-state index in [1.807, 2.05) is 30.3 Å². The first-order valence-corrected chi connectivity index (χ1v) is 12.2. The summed E-state index contributed by atoms with van der Waals surface area (Å²) in [5, 5.41) is 2.32. The van der Waals surface area contributed by atoms with E-state index in [9.17, 15) is 22.6 Å². The van der Waals surface area contributed by atoms with Gasteiger partial charge in [0.05, 0.1) is 75.1 Å². The van der Waals surface area contributed by atoms with Gasteiger partial charge in [-0.05, 0) is 5.56 Å². The first-order valence-electron chi connectivity index (χ1n) is 10.6. The van der Waals surface area contributed by atoms with Gasteiger partial charge in [-0.1, -0.05) is 30.3 Å². The molecule has 0 atom stereocenters. The molecule has 1 aromatic carbocycles. The predicted octanol–water partition coefficient (Wildman–Crippen LogP) is -2.76. The van der Waals surface area contributed by atoms with E-state index in [4.69, 9.17) is 23.7 Å². The molecule has 13 heteroatoms. The molecule has 11 nitrogen and oxygen atoms in total. The maximum atomic E-state index is 11.6. The molecule has 0 bridgehead atoms. The van der Waals surface area contributed by atoms with Crippen LogP contribution in [0.25, 0.3) is 0 Å². The summed E-state index contributed by atoms with van der Waals surface area (Å²) in [7, 11) is -4.33. The second kappa shape index (κ2) is 21.2. The van der Waals surface area contributed by atoms with Crippen LogP contribution in [0.2, 0.25) is 0 Å². The Morgan fingerprint density at radius 3 is 1.82 bits per heavy atom. The molecular weight excluding hydrogens is 481 g/mol. The van der Waals surface area contributed by atoms with Crippen LogP contribution in [0.4, 0.5) is 0 Å². The maximum Gasteiger partial charge on any atom is 1.00 e. The van der Waals surface area contributed by atoms with Crippen LogP contribution in [0.5, 0.6) is 0 Å². The summed E-state index contributed by atoms with van der Waals surface area (Å²) in [4.78, 5) is 23.0. The molecule has 0 spiro atoms. The number of ether oxygens (including phenoxy) is 5. The van der Waals surface area contributed by atoms with Gasteiger partial charge in [-0.25, -0.2) is 8.42 Å². The fourth-order valence-corrected chi connectivity index (χ4v) is 2.65. The van der Waals surface area contributed by atoms with Crippen molar-refractivity contribution < 1.29 is 75.8 Å². The van der Waals surface area contributed by atoms with Gasteiger partial charge < -0.3 is 33.6 Å². The normalized spacial score (nSPS) is 11.0. The van der Waals surface area contributed by atoms with Gasteiger partial charge in [0.25, 0.3) is 0 Å². The van der Waals surface area contributed by atoms with E-state index in [1.54, 1.807) is 0 Å². The molecule has 0 radical (unpaired) electrons. The topological polar surface area (TPSA) is 150 Å². The van der Waals surface area contributed by atoms with Gasteiger partial charge in [-0.2, -0.15) is 0 Å². The Kier molecular flexibility index (Phi) is 20.5. The standard InChI is InChI=1S/C21H33NO10S.Na/c23-20(22-8-17-33(25,26)27)6-9-28-11-13-30-15-16-31-14-12-29-10-7-21(24)32-18-19-4-2-1-3-5-19;/h1-5H,6-18H2,(H,22,23)(H,25,26,27);/q;+1/p-1. The van der Waals surface area contributed by atoms with Crippen molar-refractivity contribution >= 4 is 22.0 Å². The fourth-order valence-electron chi connectivity index (χ4n) is 2.30. The molecule has 1 amide bonds. The molecule has 0 heterocycles. The summed E-state index contributed by atoms with van der Waals surface area (Å²) in [6, 6.07) is 9.44. The van der Waals surface area contributed by atoms with E-state index in [0.717, 1.165) is 5.56 Å². The Hall–Kier alpha value is -1.09. The number of nitrogens with one attached hydrogen (secondary N) is 1.